The summed E-state index contributed by atoms with van der Waals surface area (Å²) in [6.45, 7) is 7.30. The zero-order valence-electron chi connectivity index (χ0n) is 19.1. The number of methoxy groups -OCH3 is 1. The van der Waals surface area contributed by atoms with Crippen LogP contribution in [0.4, 0.5) is 0 Å². The minimum atomic E-state index is -0.0178. The van der Waals surface area contributed by atoms with Crippen LogP contribution in [-0.2, 0) is 11.3 Å². The molecule has 1 aliphatic heterocycles. The predicted molar refractivity (Wildman–Crippen MR) is 123 cm³/mol. The molecule has 0 radical (unpaired) electrons. The first kappa shape index (κ1) is 21.8. The standard InChI is InChI=1S/C26H35N3O2/c1-18-19(2)24(31-3)13-12-21(18)16-29-15-7-10-22(17-29)25(23-11-4-5-14-27-23)28-26(30)20-8-6-9-20/h4-5,11-14,20,22,25H,6-10,15-17H2,1-3H3,(H,28,30)/t22-,25+/m0/s1. The van der Waals surface area contributed by atoms with Crippen molar-refractivity contribution in [1.29, 1.82) is 0 Å². The van der Waals surface area contributed by atoms with Gasteiger partial charge in [0.1, 0.15) is 5.75 Å². The van der Waals surface area contributed by atoms with E-state index in [9.17, 15) is 4.79 Å². The fourth-order valence-corrected chi connectivity index (χ4v) is 4.93. The van der Waals surface area contributed by atoms with Gasteiger partial charge in [-0.1, -0.05) is 18.6 Å². The summed E-state index contributed by atoms with van der Waals surface area (Å²) in [5.41, 5.74) is 4.86. The van der Waals surface area contributed by atoms with Gasteiger partial charge < -0.3 is 10.1 Å². The van der Waals surface area contributed by atoms with Gasteiger partial charge >= 0.3 is 0 Å². The minimum Gasteiger partial charge on any atom is -0.496 e. The van der Waals surface area contributed by atoms with Crippen molar-refractivity contribution < 1.29 is 9.53 Å². The van der Waals surface area contributed by atoms with Crippen molar-refractivity contribution in [3.63, 3.8) is 0 Å². The SMILES string of the molecule is COc1ccc(CN2CCC[C@H]([C@@H](NC(=O)C3CCC3)c3ccccn3)C2)c(C)c1C. The summed E-state index contributed by atoms with van der Waals surface area (Å²) in [6.07, 6.45) is 7.30. The number of pyridine rings is 1. The van der Waals surface area contributed by atoms with E-state index in [4.69, 9.17) is 4.74 Å². The van der Waals surface area contributed by atoms with E-state index >= 15 is 0 Å². The molecule has 4 rings (SSSR count). The number of ether oxygens (including phenoxy) is 1. The number of carbonyl (C=O) groups excluding carboxylic acids is 1. The topological polar surface area (TPSA) is 54.5 Å². The Hall–Kier alpha value is -2.40. The van der Waals surface area contributed by atoms with Crippen molar-refractivity contribution >= 4 is 5.91 Å². The number of aromatic nitrogens is 1. The van der Waals surface area contributed by atoms with Crippen LogP contribution in [0.5, 0.6) is 5.75 Å². The number of hydrogen-bond acceptors (Lipinski definition) is 4. The van der Waals surface area contributed by atoms with E-state index in [0.29, 0.717) is 5.92 Å². The molecule has 1 aromatic carbocycles. The lowest BCUT2D eigenvalue weighted by molar-refractivity contribution is -0.128. The summed E-state index contributed by atoms with van der Waals surface area (Å²) < 4.78 is 5.48. The third-order valence-electron chi connectivity index (χ3n) is 7.26. The lowest BCUT2D eigenvalue weighted by Crippen LogP contribution is -2.45. The van der Waals surface area contributed by atoms with Crippen molar-refractivity contribution in [2.75, 3.05) is 20.2 Å². The zero-order chi connectivity index (χ0) is 21.8. The maximum atomic E-state index is 12.8. The van der Waals surface area contributed by atoms with Crippen molar-refractivity contribution in [2.45, 2.75) is 58.5 Å². The van der Waals surface area contributed by atoms with E-state index in [2.05, 4.69) is 47.2 Å². The second kappa shape index (κ2) is 9.82. The smallest absolute Gasteiger partial charge is 0.223 e. The summed E-state index contributed by atoms with van der Waals surface area (Å²) in [7, 11) is 1.73. The maximum absolute atomic E-state index is 12.8. The Morgan fingerprint density at radius 3 is 2.68 bits per heavy atom. The molecule has 1 saturated heterocycles. The molecule has 2 heterocycles. The number of nitrogens with one attached hydrogen (secondary N) is 1. The molecule has 1 amide bonds. The third-order valence-corrected chi connectivity index (χ3v) is 7.26. The molecule has 2 aliphatic rings. The minimum absolute atomic E-state index is 0.0178. The van der Waals surface area contributed by atoms with Crippen molar-refractivity contribution in [3.8, 4) is 5.75 Å². The number of nitrogens with zero attached hydrogens (tertiary/aromatic N) is 2. The van der Waals surface area contributed by atoms with E-state index < -0.39 is 0 Å². The van der Waals surface area contributed by atoms with Gasteiger partial charge in [-0.15, -0.1) is 0 Å². The summed E-state index contributed by atoms with van der Waals surface area (Å²) in [5.74, 6) is 1.72. The van der Waals surface area contributed by atoms with E-state index in [0.717, 1.165) is 56.8 Å². The molecule has 1 aliphatic carbocycles. The van der Waals surface area contributed by atoms with Crippen LogP contribution < -0.4 is 10.1 Å². The number of carbonyl (C=O) groups is 1. The summed E-state index contributed by atoms with van der Waals surface area (Å²) in [5, 5.41) is 3.38. The maximum Gasteiger partial charge on any atom is 0.223 e. The molecule has 2 atom stereocenters. The predicted octanol–water partition coefficient (Wildman–Crippen LogP) is 4.58. The van der Waals surface area contributed by atoms with Gasteiger partial charge in [-0.3, -0.25) is 14.7 Å². The highest BCUT2D eigenvalue weighted by Crippen LogP contribution is 2.33. The average molecular weight is 422 g/mol. The monoisotopic (exact) mass is 421 g/mol. The lowest BCUT2D eigenvalue weighted by atomic mass is 9.83. The van der Waals surface area contributed by atoms with E-state index in [1.54, 1.807) is 7.11 Å². The molecule has 31 heavy (non-hydrogen) atoms. The number of likely N-dealkylation sites (tertiary alicyclic amines) is 1. The first-order valence-electron chi connectivity index (χ1n) is 11.6. The Kier molecular flexibility index (Phi) is 6.91. The molecule has 166 valence electrons. The molecule has 1 aromatic heterocycles. The van der Waals surface area contributed by atoms with Gasteiger partial charge in [0.2, 0.25) is 5.91 Å². The highest BCUT2D eigenvalue weighted by molar-refractivity contribution is 5.79. The number of benzene rings is 1. The van der Waals surface area contributed by atoms with Gasteiger partial charge in [0.15, 0.2) is 0 Å². The second-order valence-corrected chi connectivity index (χ2v) is 9.18. The summed E-state index contributed by atoms with van der Waals surface area (Å²) >= 11 is 0. The molecule has 1 N–H and O–H groups in total. The first-order chi connectivity index (χ1) is 15.1. The van der Waals surface area contributed by atoms with Crippen LogP contribution >= 0.6 is 0 Å². The van der Waals surface area contributed by atoms with Crippen LogP contribution in [0.2, 0.25) is 0 Å². The molecule has 2 fully saturated rings. The summed E-state index contributed by atoms with van der Waals surface area (Å²) in [4.78, 5) is 20.0. The Morgan fingerprint density at radius 1 is 1.16 bits per heavy atom. The Balaban J connectivity index is 1.49. The van der Waals surface area contributed by atoms with E-state index in [1.165, 1.54) is 23.1 Å². The molecular formula is C26H35N3O2. The molecular weight excluding hydrogens is 386 g/mol. The van der Waals surface area contributed by atoms with Crippen molar-refractivity contribution in [2.24, 2.45) is 11.8 Å². The van der Waals surface area contributed by atoms with E-state index in [-0.39, 0.29) is 17.9 Å². The van der Waals surface area contributed by atoms with Gasteiger partial charge in [-0.05, 0) is 86.9 Å². The Morgan fingerprint density at radius 2 is 2.00 bits per heavy atom. The molecule has 2 aromatic rings. The normalized spacial score (nSPS) is 20.7. The second-order valence-electron chi connectivity index (χ2n) is 9.18. The van der Waals surface area contributed by atoms with Crippen LogP contribution in [0.15, 0.2) is 36.5 Å². The van der Waals surface area contributed by atoms with Gasteiger partial charge in [0, 0.05) is 25.2 Å². The number of rotatable bonds is 7. The molecule has 0 spiro atoms. The molecule has 5 heteroatoms. The average Bonchev–Trinajstić information content (AvgIpc) is 2.75. The van der Waals surface area contributed by atoms with Gasteiger partial charge in [0.05, 0.1) is 18.8 Å². The van der Waals surface area contributed by atoms with Crippen LogP contribution in [0.25, 0.3) is 0 Å². The van der Waals surface area contributed by atoms with Crippen LogP contribution in [0, 0.1) is 25.7 Å². The Bertz CT molecular complexity index is 895. The van der Waals surface area contributed by atoms with Gasteiger partial charge in [-0.2, -0.15) is 0 Å². The first-order valence-corrected chi connectivity index (χ1v) is 11.6. The summed E-state index contributed by atoms with van der Waals surface area (Å²) in [6, 6.07) is 10.3. The molecule has 0 unspecified atom stereocenters. The number of amides is 1. The lowest BCUT2D eigenvalue weighted by Gasteiger charge is -2.38. The molecule has 0 bridgehead atoms. The molecule has 5 nitrogen and oxygen atoms in total. The quantitative estimate of drug-likeness (QED) is 0.711. The number of hydrogen-bond donors (Lipinski definition) is 1. The zero-order valence-corrected chi connectivity index (χ0v) is 19.1. The highest BCUT2D eigenvalue weighted by atomic mass is 16.5. The van der Waals surface area contributed by atoms with Crippen LogP contribution in [0.1, 0.15) is 60.5 Å². The number of piperidine rings is 1. The van der Waals surface area contributed by atoms with Crippen molar-refractivity contribution in [3.05, 3.63) is 58.9 Å². The third kappa shape index (κ3) is 4.93. The van der Waals surface area contributed by atoms with Gasteiger partial charge in [0.25, 0.3) is 0 Å². The highest BCUT2D eigenvalue weighted by Gasteiger charge is 2.33. The van der Waals surface area contributed by atoms with Crippen LogP contribution in [-0.4, -0.2) is 36.0 Å². The fraction of sp³-hybridized carbons (Fsp3) is 0.538. The largest absolute Gasteiger partial charge is 0.496 e. The fourth-order valence-electron chi connectivity index (χ4n) is 4.93. The Labute approximate surface area is 186 Å². The van der Waals surface area contributed by atoms with Crippen molar-refractivity contribution in [1.82, 2.24) is 15.2 Å². The van der Waals surface area contributed by atoms with E-state index in [1.807, 2.05) is 18.3 Å². The van der Waals surface area contributed by atoms with Gasteiger partial charge in [-0.25, -0.2) is 0 Å². The van der Waals surface area contributed by atoms with Crippen LogP contribution in [0.3, 0.4) is 0 Å². The molecule has 1 saturated carbocycles.